The summed E-state index contributed by atoms with van der Waals surface area (Å²) in [6.45, 7) is 0. The molecule has 0 aliphatic heterocycles. The van der Waals surface area contributed by atoms with Gasteiger partial charge in [-0.2, -0.15) is 0 Å². The van der Waals surface area contributed by atoms with Crippen LogP contribution in [0.3, 0.4) is 0 Å². The molecule has 3 aromatic rings. The van der Waals surface area contributed by atoms with Crippen molar-refractivity contribution < 1.29 is 9.53 Å². The molecule has 3 heterocycles. The molecule has 7 nitrogen and oxygen atoms in total. The van der Waals surface area contributed by atoms with E-state index in [4.69, 9.17) is 4.74 Å². The Morgan fingerprint density at radius 3 is 2.88 bits per heavy atom. The van der Waals surface area contributed by atoms with Gasteiger partial charge in [0.2, 0.25) is 0 Å². The first-order valence-corrected chi connectivity index (χ1v) is 9.59. The zero-order chi connectivity index (χ0) is 16.8. The number of aromatic nitrogens is 3. The Kier molecular flexibility index (Phi) is 5.30. The number of amides is 1. The highest BCUT2D eigenvalue weighted by Gasteiger charge is 2.13. The summed E-state index contributed by atoms with van der Waals surface area (Å²) in [4.78, 5) is 24.4. The van der Waals surface area contributed by atoms with E-state index < -0.39 is 7.53 Å². The van der Waals surface area contributed by atoms with Gasteiger partial charge in [0.15, 0.2) is 11.4 Å². The second kappa shape index (κ2) is 7.81. The molecular weight excluding hydrogens is 345 g/mol. The van der Waals surface area contributed by atoms with E-state index >= 15 is 0 Å². The highest BCUT2D eigenvalue weighted by Crippen LogP contribution is 2.28. The number of methoxy groups -OCH3 is 1. The predicted molar refractivity (Wildman–Crippen MR) is 95.0 cm³/mol. The van der Waals surface area contributed by atoms with Crippen LogP contribution in [0.5, 0.6) is 5.75 Å². The van der Waals surface area contributed by atoms with Gasteiger partial charge in [-0.25, -0.2) is 15.0 Å². The SMILES string of the molecule is COc1cc[p+](CNC(=O)c2csc(Nc3ccncn3)n2)cc1. The van der Waals surface area contributed by atoms with Crippen LogP contribution in [-0.4, -0.2) is 28.0 Å². The molecule has 3 rings (SSSR count). The summed E-state index contributed by atoms with van der Waals surface area (Å²) >= 11 is 1.35. The van der Waals surface area contributed by atoms with Gasteiger partial charge in [-0.05, 0) is 6.07 Å². The third-order valence-electron chi connectivity index (χ3n) is 3.07. The quantitative estimate of drug-likeness (QED) is 0.701. The van der Waals surface area contributed by atoms with E-state index in [1.54, 1.807) is 24.8 Å². The van der Waals surface area contributed by atoms with Crippen LogP contribution in [0.2, 0.25) is 0 Å². The van der Waals surface area contributed by atoms with Crippen molar-refractivity contribution >= 4 is 35.7 Å². The van der Waals surface area contributed by atoms with Crippen LogP contribution in [0.4, 0.5) is 10.9 Å². The fourth-order valence-corrected chi connectivity index (χ4v) is 3.86. The molecule has 0 aliphatic rings. The van der Waals surface area contributed by atoms with Crippen molar-refractivity contribution in [3.05, 3.63) is 53.4 Å². The van der Waals surface area contributed by atoms with E-state index in [9.17, 15) is 4.79 Å². The molecule has 0 bridgehead atoms. The Bertz CT molecular complexity index is 810. The lowest BCUT2D eigenvalue weighted by Gasteiger charge is -2.00. The van der Waals surface area contributed by atoms with Gasteiger partial charge >= 0.3 is 0 Å². The Morgan fingerprint density at radius 2 is 2.17 bits per heavy atom. The van der Waals surface area contributed by atoms with Crippen LogP contribution < -0.4 is 15.4 Å². The molecule has 2 N–H and O–H groups in total. The number of nitrogens with zero attached hydrogens (tertiary/aromatic N) is 3. The number of anilines is 2. The number of nitrogens with one attached hydrogen (secondary N) is 2. The zero-order valence-electron chi connectivity index (χ0n) is 12.8. The summed E-state index contributed by atoms with van der Waals surface area (Å²) in [6.07, 6.45) is 3.66. The molecule has 3 aromatic heterocycles. The normalized spacial score (nSPS) is 10.2. The van der Waals surface area contributed by atoms with Crippen LogP contribution in [0.15, 0.2) is 47.7 Å². The average molecular weight is 360 g/mol. The van der Waals surface area contributed by atoms with Gasteiger partial charge in [0.05, 0.1) is 7.11 Å². The first-order chi connectivity index (χ1) is 11.7. The monoisotopic (exact) mass is 360 g/mol. The van der Waals surface area contributed by atoms with E-state index in [0.29, 0.717) is 22.9 Å². The molecule has 0 fully saturated rings. The van der Waals surface area contributed by atoms with E-state index in [1.807, 2.05) is 12.1 Å². The van der Waals surface area contributed by atoms with Gasteiger partial charge in [-0.3, -0.25) is 4.79 Å². The van der Waals surface area contributed by atoms with Crippen LogP contribution in [0, 0.1) is 0 Å². The lowest BCUT2D eigenvalue weighted by atomic mass is 10.5. The van der Waals surface area contributed by atoms with Crippen molar-refractivity contribution in [1.29, 1.82) is 0 Å². The topological polar surface area (TPSA) is 89.0 Å². The van der Waals surface area contributed by atoms with Gasteiger partial charge < -0.3 is 15.4 Å². The number of hydrogen-bond acceptors (Lipinski definition) is 7. The molecule has 1 amide bonds. The molecule has 122 valence electrons. The minimum atomic E-state index is -0.511. The maximum atomic E-state index is 12.2. The molecular formula is C15H15N5O2PS+. The standard InChI is InChI=1S/C15H14N5O2PS/c1-22-11-3-6-23(7-4-11)10-18-14(21)12-8-24-15(19-12)20-13-2-5-16-9-17-13/h2-9H,10H2,1H3,(H-,16,17,18,19,20,21)/p+1. The van der Waals surface area contributed by atoms with Gasteiger partial charge in [-0.1, -0.05) is 0 Å². The van der Waals surface area contributed by atoms with Crippen LogP contribution in [0.1, 0.15) is 10.5 Å². The van der Waals surface area contributed by atoms with Gasteiger partial charge in [0, 0.05) is 23.7 Å². The number of thiazole rings is 1. The largest absolute Gasteiger partial charge is 0.496 e. The molecule has 0 unspecified atom stereocenters. The van der Waals surface area contributed by atoms with Crippen molar-refractivity contribution in [2.45, 2.75) is 6.29 Å². The maximum Gasteiger partial charge on any atom is 0.273 e. The Labute approximate surface area is 143 Å². The van der Waals surface area contributed by atoms with Crippen molar-refractivity contribution in [2.75, 3.05) is 12.4 Å². The smallest absolute Gasteiger partial charge is 0.273 e. The molecule has 0 aromatic carbocycles. The number of rotatable bonds is 6. The van der Waals surface area contributed by atoms with Crippen molar-refractivity contribution in [3.63, 3.8) is 0 Å². The van der Waals surface area contributed by atoms with Gasteiger partial charge in [0.1, 0.15) is 42.7 Å². The minimum absolute atomic E-state index is 0.187. The first kappa shape index (κ1) is 16.3. The van der Waals surface area contributed by atoms with E-state index in [0.717, 1.165) is 5.75 Å². The molecule has 0 aliphatic carbocycles. The third-order valence-corrected chi connectivity index (χ3v) is 5.42. The highest BCUT2D eigenvalue weighted by atomic mass is 32.1. The highest BCUT2D eigenvalue weighted by molar-refractivity contribution is 7.47. The molecule has 9 heteroatoms. The van der Waals surface area contributed by atoms with E-state index in [1.165, 1.54) is 17.7 Å². The summed E-state index contributed by atoms with van der Waals surface area (Å²) < 4.78 is 5.13. The van der Waals surface area contributed by atoms with E-state index in [-0.39, 0.29) is 5.91 Å². The predicted octanol–water partition coefficient (Wildman–Crippen LogP) is 3.34. The third kappa shape index (κ3) is 4.24. The van der Waals surface area contributed by atoms with Crippen LogP contribution in [0.25, 0.3) is 0 Å². The fourth-order valence-electron chi connectivity index (χ4n) is 1.85. The summed E-state index contributed by atoms with van der Waals surface area (Å²) in [7, 11) is 1.12. The molecule has 0 saturated heterocycles. The fraction of sp³-hybridized carbons (Fsp3) is 0.133. The van der Waals surface area contributed by atoms with Crippen LogP contribution >= 0.6 is 18.9 Å². The Balaban J connectivity index is 1.57. The zero-order valence-corrected chi connectivity index (χ0v) is 14.6. The molecule has 0 spiro atoms. The lowest BCUT2D eigenvalue weighted by molar-refractivity contribution is 0.0951. The van der Waals surface area contributed by atoms with Gasteiger partial charge in [-0.15, -0.1) is 11.3 Å². The first-order valence-electron chi connectivity index (χ1n) is 7.04. The second-order valence-electron chi connectivity index (χ2n) is 4.67. The summed E-state index contributed by atoms with van der Waals surface area (Å²) in [5, 5.41) is 8.27. The number of carbonyl (C=O) groups excluding carboxylic acids is 1. The van der Waals surface area contributed by atoms with E-state index in [2.05, 4.69) is 37.2 Å². The Morgan fingerprint density at radius 1 is 1.33 bits per heavy atom. The minimum Gasteiger partial charge on any atom is -0.496 e. The number of carbonyl (C=O) groups is 1. The number of hydrogen-bond donors (Lipinski definition) is 2. The molecule has 0 radical (unpaired) electrons. The molecule has 0 atom stereocenters. The van der Waals surface area contributed by atoms with Crippen molar-refractivity contribution in [3.8, 4) is 5.75 Å². The van der Waals surface area contributed by atoms with Gasteiger partial charge in [0.25, 0.3) is 5.91 Å². The summed E-state index contributed by atoms with van der Waals surface area (Å²) in [5.74, 6) is 5.38. The summed E-state index contributed by atoms with van der Waals surface area (Å²) in [6, 6.07) is 5.58. The lowest BCUT2D eigenvalue weighted by Crippen LogP contribution is -2.20. The Hall–Kier alpha value is -2.57. The number of ether oxygens (including phenoxy) is 1. The summed E-state index contributed by atoms with van der Waals surface area (Å²) in [5.41, 5.74) is 0.390. The second-order valence-corrected chi connectivity index (χ2v) is 7.47. The average Bonchev–Trinajstić information content (AvgIpc) is 3.09. The maximum absolute atomic E-state index is 12.2. The van der Waals surface area contributed by atoms with Crippen molar-refractivity contribution in [2.24, 2.45) is 0 Å². The van der Waals surface area contributed by atoms with Crippen LogP contribution in [-0.2, 0) is 6.29 Å². The van der Waals surface area contributed by atoms with Crippen molar-refractivity contribution in [1.82, 2.24) is 20.3 Å². The molecule has 24 heavy (non-hydrogen) atoms. The molecule has 0 saturated carbocycles.